The number of aromatic amines is 1. The highest BCUT2D eigenvalue weighted by Gasteiger charge is 2.07. The van der Waals surface area contributed by atoms with Gasteiger partial charge in [0.25, 0.3) is 0 Å². The van der Waals surface area contributed by atoms with Crippen LogP contribution in [-0.2, 0) is 6.54 Å². The minimum atomic E-state index is 0.530. The van der Waals surface area contributed by atoms with E-state index in [2.05, 4.69) is 19.6 Å². The number of nitrogens with zero attached hydrogens (tertiary/aromatic N) is 3. The van der Waals surface area contributed by atoms with Crippen molar-refractivity contribution in [2.24, 2.45) is 5.73 Å². The first-order chi connectivity index (χ1) is 7.86. The van der Waals surface area contributed by atoms with Gasteiger partial charge in [0.15, 0.2) is 5.82 Å². The Balaban J connectivity index is 2.16. The Morgan fingerprint density at radius 2 is 2.31 bits per heavy atom. The Kier molecular flexibility index (Phi) is 2.16. The molecule has 3 N–H and O–H groups in total. The second-order valence-corrected chi connectivity index (χ2v) is 4.04. The molecule has 0 radical (unpaired) electrons. The van der Waals surface area contributed by atoms with E-state index in [1.54, 1.807) is 0 Å². The van der Waals surface area contributed by atoms with Gasteiger partial charge in [0, 0.05) is 11.9 Å². The SMILES string of the molecule is NCc1ccc2nc(-c3csnn3)[nH]c2c1. The lowest BCUT2D eigenvalue weighted by Crippen LogP contribution is -1.95. The van der Waals surface area contributed by atoms with E-state index in [-0.39, 0.29) is 0 Å². The molecule has 16 heavy (non-hydrogen) atoms. The van der Waals surface area contributed by atoms with Gasteiger partial charge in [-0.1, -0.05) is 10.6 Å². The molecule has 3 rings (SSSR count). The second kappa shape index (κ2) is 3.66. The lowest BCUT2D eigenvalue weighted by molar-refractivity contribution is 1.07. The molecule has 3 aromatic rings. The minimum absolute atomic E-state index is 0.530. The van der Waals surface area contributed by atoms with Crippen LogP contribution < -0.4 is 5.73 Å². The maximum absolute atomic E-state index is 5.59. The van der Waals surface area contributed by atoms with Crippen LogP contribution in [0.25, 0.3) is 22.6 Å². The lowest BCUT2D eigenvalue weighted by atomic mass is 10.2. The van der Waals surface area contributed by atoms with Gasteiger partial charge >= 0.3 is 0 Å². The van der Waals surface area contributed by atoms with Crippen molar-refractivity contribution in [3.05, 3.63) is 29.1 Å². The van der Waals surface area contributed by atoms with Gasteiger partial charge in [0.2, 0.25) is 0 Å². The number of nitrogens with one attached hydrogen (secondary N) is 1. The molecule has 2 heterocycles. The monoisotopic (exact) mass is 231 g/mol. The summed E-state index contributed by atoms with van der Waals surface area (Å²) >= 11 is 1.31. The van der Waals surface area contributed by atoms with Gasteiger partial charge in [-0.3, -0.25) is 0 Å². The van der Waals surface area contributed by atoms with E-state index in [0.717, 1.165) is 28.1 Å². The third-order valence-corrected chi connectivity index (χ3v) is 2.89. The van der Waals surface area contributed by atoms with Crippen LogP contribution in [-0.4, -0.2) is 19.6 Å². The molecule has 6 heteroatoms. The molecule has 0 aliphatic heterocycles. The molecular formula is C10H9N5S. The van der Waals surface area contributed by atoms with Crippen molar-refractivity contribution in [3.63, 3.8) is 0 Å². The van der Waals surface area contributed by atoms with Crippen molar-refractivity contribution in [2.45, 2.75) is 6.54 Å². The summed E-state index contributed by atoms with van der Waals surface area (Å²) in [5.41, 5.74) is 9.34. The number of imidazole rings is 1. The fraction of sp³-hybridized carbons (Fsp3) is 0.100. The zero-order chi connectivity index (χ0) is 11.0. The number of rotatable bonds is 2. The number of fused-ring (bicyclic) bond motifs is 1. The fourth-order valence-electron chi connectivity index (χ4n) is 1.57. The van der Waals surface area contributed by atoms with E-state index in [1.807, 2.05) is 23.6 Å². The summed E-state index contributed by atoms with van der Waals surface area (Å²) in [7, 11) is 0. The molecular weight excluding hydrogens is 222 g/mol. The van der Waals surface area contributed by atoms with E-state index >= 15 is 0 Å². The largest absolute Gasteiger partial charge is 0.337 e. The molecule has 0 saturated heterocycles. The van der Waals surface area contributed by atoms with E-state index in [9.17, 15) is 0 Å². The average Bonchev–Trinajstić information content (AvgIpc) is 2.96. The van der Waals surface area contributed by atoms with E-state index in [4.69, 9.17) is 5.73 Å². The van der Waals surface area contributed by atoms with Crippen LogP contribution in [0.5, 0.6) is 0 Å². The zero-order valence-electron chi connectivity index (χ0n) is 8.34. The Morgan fingerprint density at radius 1 is 1.38 bits per heavy atom. The highest BCUT2D eigenvalue weighted by Crippen LogP contribution is 2.20. The van der Waals surface area contributed by atoms with Gasteiger partial charge in [0.05, 0.1) is 11.0 Å². The highest BCUT2D eigenvalue weighted by molar-refractivity contribution is 7.03. The average molecular weight is 231 g/mol. The number of aromatic nitrogens is 4. The van der Waals surface area contributed by atoms with E-state index in [1.165, 1.54) is 11.5 Å². The van der Waals surface area contributed by atoms with Crippen LogP contribution in [0, 0.1) is 0 Å². The summed E-state index contributed by atoms with van der Waals surface area (Å²) in [5.74, 6) is 0.748. The second-order valence-electron chi connectivity index (χ2n) is 3.43. The Morgan fingerprint density at radius 3 is 3.06 bits per heavy atom. The van der Waals surface area contributed by atoms with E-state index < -0.39 is 0 Å². The first-order valence-corrected chi connectivity index (χ1v) is 5.66. The molecule has 0 bridgehead atoms. The van der Waals surface area contributed by atoms with Crippen molar-refractivity contribution in [1.82, 2.24) is 19.6 Å². The molecule has 80 valence electrons. The van der Waals surface area contributed by atoms with Crippen LogP contribution >= 0.6 is 11.5 Å². The summed E-state index contributed by atoms with van der Waals surface area (Å²) in [6, 6.07) is 5.94. The standard InChI is InChI=1S/C10H9N5S/c11-4-6-1-2-7-8(3-6)13-10(12-7)9-5-16-15-14-9/h1-3,5H,4,11H2,(H,12,13). The summed E-state index contributed by atoms with van der Waals surface area (Å²) in [5, 5.41) is 5.84. The molecule has 0 aliphatic carbocycles. The van der Waals surface area contributed by atoms with Crippen LogP contribution in [0.15, 0.2) is 23.6 Å². The first kappa shape index (κ1) is 9.44. The van der Waals surface area contributed by atoms with Gasteiger partial charge in [-0.25, -0.2) is 4.98 Å². The quantitative estimate of drug-likeness (QED) is 0.701. The molecule has 0 fully saturated rings. The maximum Gasteiger partial charge on any atom is 0.160 e. The Hall–Kier alpha value is -1.79. The van der Waals surface area contributed by atoms with Crippen LogP contribution in [0.4, 0.5) is 0 Å². The van der Waals surface area contributed by atoms with Gasteiger partial charge < -0.3 is 10.7 Å². The fourth-order valence-corrected chi connectivity index (χ4v) is 2.01. The smallest absolute Gasteiger partial charge is 0.160 e. The van der Waals surface area contributed by atoms with Crippen molar-refractivity contribution in [2.75, 3.05) is 0 Å². The lowest BCUT2D eigenvalue weighted by Gasteiger charge is -1.94. The molecule has 0 spiro atoms. The minimum Gasteiger partial charge on any atom is -0.337 e. The van der Waals surface area contributed by atoms with Gasteiger partial charge in [0.1, 0.15) is 5.69 Å². The third kappa shape index (κ3) is 1.48. The van der Waals surface area contributed by atoms with Crippen LogP contribution in [0.1, 0.15) is 5.56 Å². The topological polar surface area (TPSA) is 80.5 Å². The molecule has 0 atom stereocenters. The Bertz CT molecular complexity index is 613. The zero-order valence-corrected chi connectivity index (χ0v) is 9.16. The molecule has 0 saturated carbocycles. The summed E-state index contributed by atoms with van der Waals surface area (Å²) < 4.78 is 3.81. The van der Waals surface area contributed by atoms with Crippen molar-refractivity contribution >= 4 is 22.6 Å². The molecule has 0 amide bonds. The third-order valence-electron chi connectivity index (χ3n) is 2.38. The summed E-state index contributed by atoms with van der Waals surface area (Å²) in [6.45, 7) is 0.530. The number of nitrogens with two attached hydrogens (primary N) is 1. The van der Waals surface area contributed by atoms with Crippen molar-refractivity contribution in [3.8, 4) is 11.5 Å². The van der Waals surface area contributed by atoms with Gasteiger partial charge in [-0.2, -0.15) is 0 Å². The predicted octanol–water partition coefficient (Wildman–Crippen LogP) is 1.54. The van der Waals surface area contributed by atoms with Gasteiger partial charge in [-0.15, -0.1) is 5.10 Å². The maximum atomic E-state index is 5.59. The predicted molar refractivity (Wildman–Crippen MR) is 62.9 cm³/mol. The summed E-state index contributed by atoms with van der Waals surface area (Å²) in [6.07, 6.45) is 0. The van der Waals surface area contributed by atoms with Gasteiger partial charge in [-0.05, 0) is 29.2 Å². The van der Waals surface area contributed by atoms with Crippen LogP contribution in [0.2, 0.25) is 0 Å². The van der Waals surface area contributed by atoms with Crippen molar-refractivity contribution in [1.29, 1.82) is 0 Å². The number of benzene rings is 1. The molecule has 1 aromatic carbocycles. The first-order valence-electron chi connectivity index (χ1n) is 4.83. The normalized spacial score (nSPS) is 11.1. The molecule has 0 unspecified atom stereocenters. The Labute approximate surface area is 95.5 Å². The van der Waals surface area contributed by atoms with Crippen molar-refractivity contribution < 1.29 is 0 Å². The highest BCUT2D eigenvalue weighted by atomic mass is 32.1. The number of H-pyrrole nitrogens is 1. The number of hydrogen-bond donors (Lipinski definition) is 2. The van der Waals surface area contributed by atoms with E-state index in [0.29, 0.717) is 6.54 Å². The molecule has 2 aromatic heterocycles. The van der Waals surface area contributed by atoms with Crippen LogP contribution in [0.3, 0.4) is 0 Å². The molecule has 5 nitrogen and oxygen atoms in total. The number of hydrogen-bond acceptors (Lipinski definition) is 5. The summed E-state index contributed by atoms with van der Waals surface area (Å²) in [4.78, 5) is 7.65. The molecule has 0 aliphatic rings.